The van der Waals surface area contributed by atoms with Crippen molar-refractivity contribution in [1.82, 2.24) is 19.7 Å². The molecule has 2 amide bonds. The number of hydrogen-bond acceptors (Lipinski definition) is 7. The van der Waals surface area contributed by atoms with Gasteiger partial charge in [0, 0.05) is 43.3 Å². The molecule has 5 rings (SSSR count). The molecule has 2 saturated heterocycles. The van der Waals surface area contributed by atoms with Crippen LogP contribution in [-0.4, -0.2) is 101 Å². The Balaban J connectivity index is 1.60. The number of fused-ring (bicyclic) bond motifs is 2. The number of ether oxygens (including phenoxy) is 2. The molecule has 0 spiro atoms. The van der Waals surface area contributed by atoms with Crippen LogP contribution in [0, 0.1) is 5.82 Å². The van der Waals surface area contributed by atoms with Crippen LogP contribution in [0.5, 0.6) is 5.75 Å². The highest BCUT2D eigenvalue weighted by molar-refractivity contribution is 6.35. The van der Waals surface area contributed by atoms with Gasteiger partial charge in [-0.1, -0.05) is 30.7 Å². The van der Waals surface area contributed by atoms with Crippen molar-refractivity contribution < 1.29 is 23.5 Å². The number of likely N-dealkylation sites (N-methyl/N-ethyl adjacent to an activating group) is 1. The molecule has 1 aromatic heterocycles. The number of anilines is 1. The fourth-order valence-electron chi connectivity index (χ4n) is 6.10. The lowest BCUT2D eigenvalue weighted by molar-refractivity contribution is 0.000952. The Morgan fingerprint density at radius 2 is 1.95 bits per heavy atom. The Bertz CT molecular complexity index is 1380. The molecule has 2 aromatic rings. The maximum absolute atomic E-state index is 15.1. The number of aromatic nitrogens is 1. The van der Waals surface area contributed by atoms with Gasteiger partial charge in [-0.25, -0.2) is 14.2 Å². The molecule has 228 valence electrons. The van der Waals surface area contributed by atoms with Gasteiger partial charge in [0.25, 0.3) is 5.91 Å². The van der Waals surface area contributed by atoms with E-state index in [-0.39, 0.29) is 58.2 Å². The van der Waals surface area contributed by atoms with Gasteiger partial charge < -0.3 is 29.1 Å². The number of benzene rings is 1. The average molecular weight is 602 g/mol. The highest BCUT2D eigenvalue weighted by Crippen LogP contribution is 2.47. The lowest BCUT2D eigenvalue weighted by atomic mass is 9.98. The van der Waals surface area contributed by atoms with E-state index in [2.05, 4.69) is 37.6 Å². The monoisotopic (exact) mass is 601 g/mol. The first-order chi connectivity index (χ1) is 19.7. The first kappa shape index (κ1) is 30.4. The van der Waals surface area contributed by atoms with Crippen LogP contribution in [0.2, 0.25) is 5.02 Å². The van der Waals surface area contributed by atoms with Gasteiger partial charge in [0.15, 0.2) is 5.75 Å². The highest BCUT2D eigenvalue weighted by Gasteiger charge is 2.46. The molecule has 0 aliphatic carbocycles. The summed E-state index contributed by atoms with van der Waals surface area (Å²) in [7, 11) is 2.09. The summed E-state index contributed by atoms with van der Waals surface area (Å²) in [5.41, 5.74) is -0.240. The maximum Gasteiger partial charge on any atom is 0.410 e. The van der Waals surface area contributed by atoms with Gasteiger partial charge in [0.2, 0.25) is 0 Å². The summed E-state index contributed by atoms with van der Waals surface area (Å²) in [6, 6.07) is 6.15. The van der Waals surface area contributed by atoms with Crippen molar-refractivity contribution in [2.75, 3.05) is 51.3 Å². The molecule has 0 bridgehead atoms. The Labute approximate surface area is 252 Å². The summed E-state index contributed by atoms with van der Waals surface area (Å²) in [5.74, 6) is -0.0903. The van der Waals surface area contributed by atoms with Gasteiger partial charge in [-0.2, -0.15) is 0 Å². The second-order valence-electron chi connectivity index (χ2n) is 13.0. The summed E-state index contributed by atoms with van der Waals surface area (Å²) >= 11 is 6.94. The molecule has 42 heavy (non-hydrogen) atoms. The second-order valence-corrected chi connectivity index (χ2v) is 13.4. The van der Waals surface area contributed by atoms with Crippen LogP contribution in [0.3, 0.4) is 0 Å². The normalized spacial score (nSPS) is 22.0. The van der Waals surface area contributed by atoms with Crippen LogP contribution >= 0.6 is 11.6 Å². The Hall–Kier alpha value is -3.11. The molecule has 9 nitrogen and oxygen atoms in total. The molecule has 1 unspecified atom stereocenters. The average Bonchev–Trinajstić information content (AvgIpc) is 3.16. The molecule has 0 N–H and O–H groups in total. The minimum atomic E-state index is -0.635. The van der Waals surface area contributed by atoms with Gasteiger partial charge >= 0.3 is 6.09 Å². The number of rotatable bonds is 4. The van der Waals surface area contributed by atoms with E-state index >= 15 is 4.39 Å². The number of pyridine rings is 1. The Kier molecular flexibility index (Phi) is 8.08. The van der Waals surface area contributed by atoms with Crippen molar-refractivity contribution in [3.63, 3.8) is 0 Å². The van der Waals surface area contributed by atoms with Crippen LogP contribution in [0.1, 0.15) is 58.3 Å². The third-order valence-electron chi connectivity index (χ3n) is 8.47. The zero-order valence-electron chi connectivity index (χ0n) is 25.5. The number of carbonyl (C=O) groups is 2. The predicted octanol–water partition coefficient (Wildman–Crippen LogP) is 5.30. The molecule has 3 aliphatic rings. The van der Waals surface area contributed by atoms with Gasteiger partial charge in [-0.15, -0.1) is 0 Å². The molecule has 0 radical (unpaired) electrons. The number of nitrogens with zero attached hydrogens (tertiary/aromatic N) is 5. The summed E-state index contributed by atoms with van der Waals surface area (Å²) < 4.78 is 27.0. The van der Waals surface area contributed by atoms with E-state index in [1.54, 1.807) is 28.0 Å². The third kappa shape index (κ3) is 5.63. The van der Waals surface area contributed by atoms with Crippen molar-refractivity contribution in [1.29, 1.82) is 0 Å². The number of piperazine rings is 1. The van der Waals surface area contributed by atoms with Gasteiger partial charge in [0.05, 0.1) is 11.7 Å². The van der Waals surface area contributed by atoms with E-state index in [4.69, 9.17) is 26.1 Å². The summed E-state index contributed by atoms with van der Waals surface area (Å²) in [6.45, 7) is 14.4. The van der Waals surface area contributed by atoms with E-state index < -0.39 is 23.6 Å². The van der Waals surface area contributed by atoms with Gasteiger partial charge in [-0.05, 0) is 66.8 Å². The smallest absolute Gasteiger partial charge is 0.410 e. The number of amides is 2. The molecule has 2 atom stereocenters. The second kappa shape index (κ2) is 11.2. The Morgan fingerprint density at radius 1 is 1.24 bits per heavy atom. The topological polar surface area (TPSA) is 78.5 Å². The number of hydrogen-bond donors (Lipinski definition) is 0. The fourth-order valence-corrected chi connectivity index (χ4v) is 6.39. The van der Waals surface area contributed by atoms with E-state index in [9.17, 15) is 9.59 Å². The zero-order chi connectivity index (χ0) is 30.6. The molecule has 3 aliphatic heterocycles. The third-order valence-corrected chi connectivity index (χ3v) is 8.82. The first-order valence-corrected chi connectivity index (χ1v) is 15.0. The van der Waals surface area contributed by atoms with Crippen LogP contribution in [0.25, 0.3) is 11.3 Å². The maximum atomic E-state index is 15.1. The van der Waals surface area contributed by atoms with Crippen molar-refractivity contribution in [2.24, 2.45) is 0 Å². The van der Waals surface area contributed by atoms with E-state index in [0.717, 1.165) is 13.0 Å². The molecule has 1 aromatic carbocycles. The minimum Gasteiger partial charge on any atom is -0.489 e. The highest BCUT2D eigenvalue weighted by atomic mass is 35.5. The van der Waals surface area contributed by atoms with E-state index in [1.807, 2.05) is 20.8 Å². The van der Waals surface area contributed by atoms with E-state index in [0.29, 0.717) is 25.5 Å². The number of halogens is 2. The van der Waals surface area contributed by atoms with Crippen LogP contribution < -0.4 is 9.64 Å². The fraction of sp³-hybridized carbons (Fsp3) is 0.581. The standard InChI is InChI=1S/C31H41ClFN5O4/c1-8-35(7)19-15-31(5,6)38(17-19)27-23-26(24(32)25(34-27)21-11-9-10-12-22(21)33)41-18-20-16-36(13-14-37(20)28(23)39)29(40)42-30(2,3)4/h9-12,19-20H,8,13-18H2,1-7H3/t19?,20-/m1/s1. The molecule has 11 heteroatoms. The molecular weight excluding hydrogens is 561 g/mol. The zero-order valence-corrected chi connectivity index (χ0v) is 26.3. The van der Waals surface area contributed by atoms with E-state index in [1.165, 1.54) is 6.07 Å². The van der Waals surface area contributed by atoms with Gasteiger partial charge in [-0.3, -0.25) is 4.79 Å². The van der Waals surface area contributed by atoms with Crippen LogP contribution in [-0.2, 0) is 4.74 Å². The van der Waals surface area contributed by atoms with Crippen molar-refractivity contribution in [3.05, 3.63) is 40.7 Å². The lowest BCUT2D eigenvalue weighted by Gasteiger charge is -2.40. The lowest BCUT2D eigenvalue weighted by Crippen LogP contribution is -2.58. The predicted molar refractivity (Wildman–Crippen MR) is 161 cm³/mol. The summed E-state index contributed by atoms with van der Waals surface area (Å²) in [6.07, 6.45) is 0.431. The largest absolute Gasteiger partial charge is 0.489 e. The van der Waals surface area contributed by atoms with Crippen molar-refractivity contribution in [3.8, 4) is 17.0 Å². The van der Waals surface area contributed by atoms with Gasteiger partial charge in [0.1, 0.15) is 34.4 Å². The Morgan fingerprint density at radius 3 is 2.62 bits per heavy atom. The minimum absolute atomic E-state index is 0.0928. The van der Waals surface area contributed by atoms with Crippen LogP contribution in [0.15, 0.2) is 24.3 Å². The molecule has 2 fully saturated rings. The van der Waals surface area contributed by atoms with Crippen LogP contribution in [0.4, 0.5) is 15.0 Å². The molecular formula is C31H41ClFN5O4. The molecule has 4 heterocycles. The SMILES string of the molecule is CCN(C)C1CN(c2nc(-c3ccccc3F)c(Cl)c3c2C(=O)N2CCN(C(=O)OC(C)(C)C)C[C@@H]2CO3)C(C)(C)C1. The van der Waals surface area contributed by atoms with Crippen molar-refractivity contribution in [2.45, 2.75) is 71.2 Å². The quantitative estimate of drug-likeness (QED) is 0.470. The molecule has 0 saturated carbocycles. The number of carbonyl (C=O) groups excluding carboxylic acids is 2. The summed E-state index contributed by atoms with van der Waals surface area (Å²) in [5, 5.41) is 0.0928. The first-order valence-electron chi connectivity index (χ1n) is 14.6. The summed E-state index contributed by atoms with van der Waals surface area (Å²) in [4.78, 5) is 40.0. The van der Waals surface area contributed by atoms with Crippen molar-refractivity contribution >= 4 is 29.4 Å².